The lowest BCUT2D eigenvalue weighted by Crippen LogP contribution is -2.42. The molecule has 1 saturated heterocycles. The molecule has 2 aromatic heterocycles. The number of carbonyl (C=O) groups is 1. The largest absolute Gasteiger partial charge is 0.338 e. The average molecular weight is 345 g/mol. The summed E-state index contributed by atoms with van der Waals surface area (Å²) in [5.41, 5.74) is 5.99. The molecule has 3 heterocycles. The highest BCUT2D eigenvalue weighted by molar-refractivity contribution is 7.33. The van der Waals surface area contributed by atoms with Crippen molar-refractivity contribution < 1.29 is 4.79 Å². The second kappa shape index (κ2) is 5.89. The van der Waals surface area contributed by atoms with Crippen LogP contribution in [0.5, 0.6) is 0 Å². The fraction of sp³-hybridized carbons (Fsp3) is 0.389. The SMILES string of the molecule is CC(N)C1CCN(C(=O)c2cc3sc4ccccc4c3s2)CC1. The lowest BCUT2D eigenvalue weighted by molar-refractivity contribution is 0.0686. The Balaban J connectivity index is 1.58. The van der Waals surface area contributed by atoms with Gasteiger partial charge in [0.15, 0.2) is 0 Å². The van der Waals surface area contributed by atoms with Gasteiger partial charge in [-0.05, 0) is 37.8 Å². The fourth-order valence-corrected chi connectivity index (χ4v) is 5.88. The summed E-state index contributed by atoms with van der Waals surface area (Å²) in [7, 11) is 0. The zero-order valence-electron chi connectivity index (χ0n) is 13.1. The van der Waals surface area contributed by atoms with Gasteiger partial charge in [-0.1, -0.05) is 18.2 Å². The minimum absolute atomic E-state index is 0.186. The predicted octanol–water partition coefficient (Wildman–Crippen LogP) is 4.32. The number of amides is 1. The highest BCUT2D eigenvalue weighted by Crippen LogP contribution is 2.39. The first-order valence-electron chi connectivity index (χ1n) is 8.09. The molecule has 3 nitrogen and oxygen atoms in total. The van der Waals surface area contributed by atoms with E-state index < -0.39 is 0 Å². The first kappa shape index (κ1) is 15.1. The van der Waals surface area contributed by atoms with Crippen LogP contribution in [0, 0.1) is 5.92 Å². The van der Waals surface area contributed by atoms with E-state index in [0.717, 1.165) is 30.8 Å². The van der Waals surface area contributed by atoms with Gasteiger partial charge in [0.25, 0.3) is 5.91 Å². The van der Waals surface area contributed by atoms with Crippen molar-refractivity contribution in [3.05, 3.63) is 35.2 Å². The molecule has 120 valence electrons. The van der Waals surface area contributed by atoms with Crippen molar-refractivity contribution in [2.75, 3.05) is 13.1 Å². The van der Waals surface area contributed by atoms with Crippen LogP contribution in [-0.4, -0.2) is 29.9 Å². The van der Waals surface area contributed by atoms with Crippen LogP contribution in [-0.2, 0) is 0 Å². The molecular weight excluding hydrogens is 324 g/mol. The summed E-state index contributed by atoms with van der Waals surface area (Å²) in [4.78, 5) is 15.7. The Hall–Kier alpha value is -1.43. The van der Waals surface area contributed by atoms with Gasteiger partial charge in [0, 0.05) is 33.9 Å². The van der Waals surface area contributed by atoms with Gasteiger partial charge in [-0.3, -0.25) is 4.79 Å². The van der Waals surface area contributed by atoms with Crippen molar-refractivity contribution in [3.63, 3.8) is 0 Å². The first-order chi connectivity index (χ1) is 11.1. The summed E-state index contributed by atoms with van der Waals surface area (Å²) in [5.74, 6) is 0.737. The smallest absolute Gasteiger partial charge is 0.263 e. The number of benzene rings is 1. The Kier molecular flexibility index (Phi) is 3.87. The van der Waals surface area contributed by atoms with Crippen LogP contribution < -0.4 is 5.73 Å². The van der Waals surface area contributed by atoms with Crippen molar-refractivity contribution >= 4 is 48.1 Å². The highest BCUT2D eigenvalue weighted by atomic mass is 32.1. The van der Waals surface area contributed by atoms with E-state index in [1.807, 2.05) is 4.90 Å². The summed E-state index contributed by atoms with van der Waals surface area (Å²) in [5, 5.41) is 1.27. The van der Waals surface area contributed by atoms with E-state index in [4.69, 9.17) is 5.73 Å². The quantitative estimate of drug-likeness (QED) is 0.753. The number of carbonyl (C=O) groups excluding carboxylic acids is 1. The van der Waals surface area contributed by atoms with Gasteiger partial charge >= 0.3 is 0 Å². The van der Waals surface area contributed by atoms with Crippen LogP contribution in [0.1, 0.15) is 29.4 Å². The van der Waals surface area contributed by atoms with E-state index >= 15 is 0 Å². The summed E-state index contributed by atoms with van der Waals surface area (Å²) in [6, 6.07) is 10.7. The Morgan fingerprint density at radius 3 is 2.70 bits per heavy atom. The third-order valence-electron chi connectivity index (χ3n) is 4.83. The zero-order chi connectivity index (χ0) is 16.0. The number of piperidine rings is 1. The monoisotopic (exact) mass is 344 g/mol. The maximum Gasteiger partial charge on any atom is 0.263 e. The minimum Gasteiger partial charge on any atom is -0.338 e. The molecule has 0 saturated carbocycles. The van der Waals surface area contributed by atoms with Crippen molar-refractivity contribution in [2.45, 2.75) is 25.8 Å². The molecule has 1 aliphatic rings. The molecule has 1 atom stereocenters. The van der Waals surface area contributed by atoms with Crippen molar-refractivity contribution in [1.82, 2.24) is 4.90 Å². The number of likely N-dealkylation sites (tertiary alicyclic amines) is 1. The molecule has 0 radical (unpaired) electrons. The average Bonchev–Trinajstić information content (AvgIpc) is 3.12. The number of hydrogen-bond acceptors (Lipinski definition) is 4. The van der Waals surface area contributed by atoms with Gasteiger partial charge < -0.3 is 10.6 Å². The Labute approximate surface area is 143 Å². The number of fused-ring (bicyclic) bond motifs is 3. The molecule has 1 unspecified atom stereocenters. The third-order valence-corrected chi connectivity index (χ3v) is 7.23. The van der Waals surface area contributed by atoms with Gasteiger partial charge in [0.1, 0.15) is 0 Å². The summed E-state index contributed by atoms with van der Waals surface area (Å²) >= 11 is 3.41. The van der Waals surface area contributed by atoms with Gasteiger partial charge in [-0.25, -0.2) is 0 Å². The molecule has 1 fully saturated rings. The normalized spacial score (nSPS) is 17.9. The van der Waals surface area contributed by atoms with E-state index in [0.29, 0.717) is 5.92 Å². The Morgan fingerprint density at radius 2 is 1.96 bits per heavy atom. The highest BCUT2D eigenvalue weighted by Gasteiger charge is 2.26. The molecule has 3 aromatic rings. The lowest BCUT2D eigenvalue weighted by atomic mass is 9.91. The molecule has 0 aliphatic carbocycles. The molecule has 2 N–H and O–H groups in total. The first-order valence-corrected chi connectivity index (χ1v) is 9.72. The molecule has 4 rings (SSSR count). The molecule has 0 spiro atoms. The predicted molar refractivity (Wildman–Crippen MR) is 99.5 cm³/mol. The maximum atomic E-state index is 12.8. The van der Waals surface area contributed by atoms with Crippen LogP contribution in [0.25, 0.3) is 19.5 Å². The summed E-state index contributed by atoms with van der Waals surface area (Å²) in [6.07, 6.45) is 2.04. The van der Waals surface area contributed by atoms with Crippen LogP contribution in [0.15, 0.2) is 30.3 Å². The molecule has 1 amide bonds. The Morgan fingerprint density at radius 1 is 1.22 bits per heavy atom. The van der Waals surface area contributed by atoms with Crippen molar-refractivity contribution in [2.24, 2.45) is 11.7 Å². The number of nitrogens with two attached hydrogens (primary N) is 1. The van der Waals surface area contributed by atoms with Crippen molar-refractivity contribution in [1.29, 1.82) is 0 Å². The van der Waals surface area contributed by atoms with Gasteiger partial charge in [-0.2, -0.15) is 0 Å². The van der Waals surface area contributed by atoms with Crippen molar-refractivity contribution in [3.8, 4) is 0 Å². The van der Waals surface area contributed by atoms with E-state index in [2.05, 4.69) is 37.3 Å². The lowest BCUT2D eigenvalue weighted by Gasteiger charge is -2.33. The number of hydrogen-bond donors (Lipinski definition) is 1. The van der Waals surface area contributed by atoms with Gasteiger partial charge in [-0.15, -0.1) is 22.7 Å². The van der Waals surface area contributed by atoms with Crippen LogP contribution >= 0.6 is 22.7 Å². The fourth-order valence-electron chi connectivity index (χ4n) is 3.39. The maximum absolute atomic E-state index is 12.8. The van der Waals surface area contributed by atoms with Gasteiger partial charge in [0.2, 0.25) is 0 Å². The second-order valence-electron chi connectivity index (χ2n) is 6.39. The molecule has 5 heteroatoms. The van der Waals surface area contributed by atoms with E-state index in [-0.39, 0.29) is 11.9 Å². The summed E-state index contributed by atoms with van der Waals surface area (Å²) < 4.78 is 3.77. The number of thiophene rings is 2. The Bertz CT molecular complexity index is 856. The third kappa shape index (κ3) is 2.67. The molecule has 0 bridgehead atoms. The topological polar surface area (TPSA) is 46.3 Å². The van der Waals surface area contributed by atoms with E-state index in [1.54, 1.807) is 22.7 Å². The molecular formula is C18H20N2OS2. The minimum atomic E-state index is 0.186. The van der Waals surface area contributed by atoms with Crippen LogP contribution in [0.4, 0.5) is 0 Å². The standard InChI is InChI=1S/C18H20N2OS2/c1-11(19)12-6-8-20(9-7-12)18(21)16-10-15-17(23-16)13-4-2-3-5-14(13)22-15/h2-5,10-12H,6-9,19H2,1H3. The summed E-state index contributed by atoms with van der Waals surface area (Å²) in [6.45, 7) is 3.73. The zero-order valence-corrected chi connectivity index (χ0v) is 14.8. The van der Waals surface area contributed by atoms with Crippen LogP contribution in [0.3, 0.4) is 0 Å². The molecule has 1 aromatic carbocycles. The second-order valence-corrected chi connectivity index (χ2v) is 8.53. The molecule has 1 aliphatic heterocycles. The molecule has 23 heavy (non-hydrogen) atoms. The van der Waals surface area contributed by atoms with Crippen LogP contribution in [0.2, 0.25) is 0 Å². The number of rotatable bonds is 2. The van der Waals surface area contributed by atoms with Gasteiger partial charge in [0.05, 0.1) is 9.58 Å². The van der Waals surface area contributed by atoms with E-state index in [9.17, 15) is 4.79 Å². The van der Waals surface area contributed by atoms with E-state index in [1.165, 1.54) is 19.5 Å². The number of nitrogens with zero attached hydrogens (tertiary/aromatic N) is 1.